The van der Waals surface area contributed by atoms with E-state index in [0.29, 0.717) is 5.13 Å². The molecule has 1 atom stereocenters. The molecule has 0 aliphatic carbocycles. The van der Waals surface area contributed by atoms with Crippen LogP contribution in [-0.4, -0.2) is 34.5 Å². The summed E-state index contributed by atoms with van der Waals surface area (Å²) >= 11 is 1.13. The zero-order chi connectivity index (χ0) is 15.5. The van der Waals surface area contributed by atoms with Gasteiger partial charge >= 0.3 is 6.18 Å². The Kier molecular flexibility index (Phi) is 4.81. The fourth-order valence-electron chi connectivity index (χ4n) is 1.70. The second-order valence-corrected chi connectivity index (χ2v) is 5.16. The largest absolute Gasteiger partial charge is 0.417 e. The lowest BCUT2D eigenvalue weighted by Gasteiger charge is -2.10. The first-order valence-electron chi connectivity index (χ1n) is 6.06. The smallest absolute Gasteiger partial charge is 0.394 e. The first-order valence-corrected chi connectivity index (χ1v) is 6.94. The Labute approximate surface area is 122 Å². The molecular formula is C13H13F3N2O2S. The van der Waals surface area contributed by atoms with Crippen LogP contribution in [0, 0.1) is 0 Å². The van der Waals surface area contributed by atoms with E-state index in [4.69, 9.17) is 5.11 Å². The van der Waals surface area contributed by atoms with Crippen LogP contribution in [0.5, 0.6) is 0 Å². The van der Waals surface area contributed by atoms with Gasteiger partial charge in [-0.3, -0.25) is 0 Å². The van der Waals surface area contributed by atoms with E-state index in [1.807, 2.05) is 0 Å². The molecule has 4 nitrogen and oxygen atoms in total. The predicted molar refractivity (Wildman–Crippen MR) is 74.1 cm³/mol. The molecule has 0 saturated heterocycles. The van der Waals surface area contributed by atoms with Gasteiger partial charge < -0.3 is 15.5 Å². The van der Waals surface area contributed by atoms with Crippen LogP contribution < -0.4 is 5.32 Å². The van der Waals surface area contributed by atoms with E-state index in [2.05, 4.69) is 10.3 Å². The summed E-state index contributed by atoms with van der Waals surface area (Å²) in [6.45, 7) is -0.327. The number of rotatable bonds is 5. The van der Waals surface area contributed by atoms with Gasteiger partial charge in [-0.25, -0.2) is 4.98 Å². The van der Waals surface area contributed by atoms with Crippen molar-refractivity contribution in [3.8, 4) is 11.3 Å². The van der Waals surface area contributed by atoms with Crippen molar-refractivity contribution in [2.45, 2.75) is 12.3 Å². The van der Waals surface area contributed by atoms with Crippen molar-refractivity contribution in [2.75, 3.05) is 18.5 Å². The molecule has 114 valence electrons. The van der Waals surface area contributed by atoms with Crippen LogP contribution in [0.1, 0.15) is 5.56 Å². The van der Waals surface area contributed by atoms with Crippen LogP contribution >= 0.6 is 11.3 Å². The maximum absolute atomic E-state index is 12.9. The molecule has 0 bridgehead atoms. The Morgan fingerprint density at radius 2 is 2.00 bits per heavy atom. The van der Waals surface area contributed by atoms with E-state index >= 15 is 0 Å². The zero-order valence-electron chi connectivity index (χ0n) is 10.8. The number of nitrogens with one attached hydrogen (secondary N) is 1. The Balaban J connectivity index is 2.22. The number of aliphatic hydroxyl groups excluding tert-OH is 2. The minimum absolute atomic E-state index is 0.0111. The molecule has 1 unspecified atom stereocenters. The quantitative estimate of drug-likeness (QED) is 0.793. The highest BCUT2D eigenvalue weighted by atomic mass is 32.1. The summed E-state index contributed by atoms with van der Waals surface area (Å²) < 4.78 is 38.8. The van der Waals surface area contributed by atoms with Crippen LogP contribution in [0.4, 0.5) is 18.3 Å². The van der Waals surface area contributed by atoms with Crippen molar-refractivity contribution in [1.82, 2.24) is 4.98 Å². The summed E-state index contributed by atoms with van der Waals surface area (Å²) in [5.74, 6) is 0. The average Bonchev–Trinajstić information content (AvgIpc) is 2.92. The molecular weight excluding hydrogens is 305 g/mol. The van der Waals surface area contributed by atoms with Crippen molar-refractivity contribution in [3.05, 3.63) is 35.2 Å². The number of hydrogen-bond donors (Lipinski definition) is 3. The van der Waals surface area contributed by atoms with Gasteiger partial charge in [-0.05, 0) is 6.07 Å². The molecule has 1 aromatic carbocycles. The number of thiazole rings is 1. The van der Waals surface area contributed by atoms with Gasteiger partial charge in [-0.1, -0.05) is 18.2 Å². The highest BCUT2D eigenvalue weighted by Crippen LogP contribution is 2.37. The number of benzene rings is 1. The van der Waals surface area contributed by atoms with Gasteiger partial charge in [0.05, 0.1) is 24.0 Å². The third-order valence-corrected chi connectivity index (χ3v) is 3.51. The molecule has 0 saturated carbocycles. The van der Waals surface area contributed by atoms with Gasteiger partial charge in [0.15, 0.2) is 5.13 Å². The predicted octanol–water partition coefficient (Wildman–Crippen LogP) is 2.59. The van der Waals surface area contributed by atoms with Gasteiger partial charge in [0.25, 0.3) is 0 Å². The van der Waals surface area contributed by atoms with E-state index in [1.165, 1.54) is 23.6 Å². The summed E-state index contributed by atoms with van der Waals surface area (Å²) in [7, 11) is 0. The lowest BCUT2D eigenvalue weighted by atomic mass is 10.1. The molecule has 3 N–H and O–H groups in total. The summed E-state index contributed by atoms with van der Waals surface area (Å²) in [5, 5.41) is 22.6. The molecule has 0 spiro atoms. The Morgan fingerprint density at radius 3 is 2.67 bits per heavy atom. The molecule has 21 heavy (non-hydrogen) atoms. The summed E-state index contributed by atoms with van der Waals surface area (Å²) in [4.78, 5) is 4.08. The summed E-state index contributed by atoms with van der Waals surface area (Å²) in [6, 6.07) is 5.23. The van der Waals surface area contributed by atoms with E-state index in [0.717, 1.165) is 17.4 Å². The summed E-state index contributed by atoms with van der Waals surface area (Å²) in [6.07, 6.45) is -5.39. The standard InChI is InChI=1S/C13H13F3N2O2S/c14-13(15,16)10-4-2-1-3-9(10)11-7-21-12(18-11)17-5-8(20)6-19/h1-4,7-8,19-20H,5-6H2,(H,17,18). The van der Waals surface area contributed by atoms with Gasteiger partial charge in [-0.2, -0.15) is 13.2 Å². The number of halogens is 3. The zero-order valence-corrected chi connectivity index (χ0v) is 11.6. The van der Waals surface area contributed by atoms with Crippen LogP contribution in [0.25, 0.3) is 11.3 Å². The third kappa shape index (κ3) is 3.93. The molecule has 1 heterocycles. The highest BCUT2D eigenvalue weighted by Gasteiger charge is 2.33. The second-order valence-electron chi connectivity index (χ2n) is 4.30. The number of anilines is 1. The molecule has 1 aromatic heterocycles. The van der Waals surface area contributed by atoms with Gasteiger partial charge in [-0.15, -0.1) is 11.3 Å². The van der Waals surface area contributed by atoms with Crippen molar-refractivity contribution in [3.63, 3.8) is 0 Å². The van der Waals surface area contributed by atoms with E-state index in [1.54, 1.807) is 0 Å². The molecule has 0 amide bonds. The lowest BCUT2D eigenvalue weighted by molar-refractivity contribution is -0.137. The molecule has 8 heteroatoms. The van der Waals surface area contributed by atoms with Gasteiger partial charge in [0.2, 0.25) is 0 Å². The maximum Gasteiger partial charge on any atom is 0.417 e. The first kappa shape index (κ1) is 15.7. The molecule has 0 aliphatic rings. The van der Waals surface area contributed by atoms with Crippen molar-refractivity contribution >= 4 is 16.5 Å². The maximum atomic E-state index is 12.9. The number of aromatic nitrogens is 1. The van der Waals surface area contributed by atoms with E-state index < -0.39 is 24.5 Å². The van der Waals surface area contributed by atoms with Gasteiger partial charge in [0.1, 0.15) is 0 Å². The fraction of sp³-hybridized carbons (Fsp3) is 0.308. The fourth-order valence-corrected chi connectivity index (χ4v) is 2.42. The third-order valence-electron chi connectivity index (χ3n) is 2.71. The molecule has 2 rings (SSSR count). The number of alkyl halides is 3. The van der Waals surface area contributed by atoms with Crippen LogP contribution in [-0.2, 0) is 6.18 Å². The van der Waals surface area contributed by atoms with Crippen LogP contribution in [0.3, 0.4) is 0 Å². The monoisotopic (exact) mass is 318 g/mol. The van der Waals surface area contributed by atoms with E-state index in [9.17, 15) is 18.3 Å². The minimum atomic E-state index is -4.44. The highest BCUT2D eigenvalue weighted by molar-refractivity contribution is 7.14. The van der Waals surface area contributed by atoms with Crippen molar-refractivity contribution in [2.24, 2.45) is 0 Å². The van der Waals surface area contributed by atoms with Crippen molar-refractivity contribution < 1.29 is 23.4 Å². The number of nitrogens with zero attached hydrogens (tertiary/aromatic N) is 1. The van der Waals surface area contributed by atoms with Crippen LogP contribution in [0.2, 0.25) is 0 Å². The Hall–Kier alpha value is -1.64. The Bertz CT molecular complexity index is 601. The normalized spacial score (nSPS) is 13.2. The molecule has 0 aliphatic heterocycles. The number of aliphatic hydroxyl groups is 2. The van der Waals surface area contributed by atoms with Crippen molar-refractivity contribution in [1.29, 1.82) is 0 Å². The molecule has 2 aromatic rings. The lowest BCUT2D eigenvalue weighted by Crippen LogP contribution is -2.22. The van der Waals surface area contributed by atoms with E-state index in [-0.39, 0.29) is 17.8 Å². The summed E-state index contributed by atoms with van der Waals surface area (Å²) in [5.41, 5.74) is -0.511. The molecule has 0 fully saturated rings. The Morgan fingerprint density at radius 1 is 1.29 bits per heavy atom. The topological polar surface area (TPSA) is 65.4 Å². The molecule has 0 radical (unpaired) electrons. The second kappa shape index (κ2) is 6.42. The van der Waals surface area contributed by atoms with Crippen LogP contribution in [0.15, 0.2) is 29.6 Å². The minimum Gasteiger partial charge on any atom is -0.394 e. The first-order chi connectivity index (χ1) is 9.91. The SMILES string of the molecule is OCC(O)CNc1nc(-c2ccccc2C(F)(F)F)cs1. The number of hydrogen-bond acceptors (Lipinski definition) is 5. The van der Waals surface area contributed by atoms with Gasteiger partial charge in [0, 0.05) is 17.5 Å². The average molecular weight is 318 g/mol.